The van der Waals surface area contributed by atoms with E-state index in [2.05, 4.69) is 21.6 Å². The zero-order chi connectivity index (χ0) is 23.3. The molecule has 32 heavy (non-hydrogen) atoms. The predicted molar refractivity (Wildman–Crippen MR) is 126 cm³/mol. The van der Waals surface area contributed by atoms with Crippen LogP contribution in [0.4, 0.5) is 0 Å². The van der Waals surface area contributed by atoms with E-state index in [0.29, 0.717) is 11.0 Å². The summed E-state index contributed by atoms with van der Waals surface area (Å²) in [6.45, 7) is 7.36. The molecule has 1 amide bonds. The van der Waals surface area contributed by atoms with Gasteiger partial charge in [0.15, 0.2) is 11.0 Å². The van der Waals surface area contributed by atoms with Gasteiger partial charge in [-0.2, -0.15) is 5.26 Å². The lowest BCUT2D eigenvalue weighted by Crippen LogP contribution is -2.51. The average Bonchev–Trinajstić information content (AvgIpc) is 3.22. The van der Waals surface area contributed by atoms with Crippen molar-refractivity contribution in [2.45, 2.75) is 43.6 Å². The summed E-state index contributed by atoms with van der Waals surface area (Å²) < 4.78 is 7.28. The standard InChI is InChI=1S/C24H27N5O2S/c1-16(2)24(4,15-25)26-22(30)17(3)32-23-28-27-21(18-10-9-13-20(14-18)31-5)29(23)19-11-7-6-8-12-19/h6-14,16-17H,1-5H3,(H,26,30). The highest BCUT2D eigenvalue weighted by Crippen LogP contribution is 2.31. The molecule has 2 unspecified atom stereocenters. The van der Waals surface area contributed by atoms with Crippen molar-refractivity contribution in [2.75, 3.05) is 7.11 Å². The van der Waals surface area contributed by atoms with Crippen LogP contribution in [0.5, 0.6) is 5.75 Å². The fourth-order valence-corrected chi connectivity index (χ4v) is 3.84. The van der Waals surface area contributed by atoms with E-state index in [-0.39, 0.29) is 11.8 Å². The molecule has 1 aromatic heterocycles. The van der Waals surface area contributed by atoms with Crippen molar-refractivity contribution in [3.05, 3.63) is 54.6 Å². The van der Waals surface area contributed by atoms with Gasteiger partial charge in [-0.05, 0) is 44.0 Å². The maximum Gasteiger partial charge on any atom is 0.234 e. The minimum Gasteiger partial charge on any atom is -0.497 e. The van der Waals surface area contributed by atoms with Crippen LogP contribution >= 0.6 is 11.8 Å². The highest BCUT2D eigenvalue weighted by Gasteiger charge is 2.32. The number of carbonyl (C=O) groups is 1. The van der Waals surface area contributed by atoms with E-state index in [1.807, 2.05) is 73.0 Å². The average molecular weight is 450 g/mol. The van der Waals surface area contributed by atoms with Crippen LogP contribution in [-0.2, 0) is 4.79 Å². The monoisotopic (exact) mass is 449 g/mol. The number of thioether (sulfide) groups is 1. The number of ether oxygens (including phenoxy) is 1. The molecule has 0 fully saturated rings. The molecular formula is C24H27N5O2S. The zero-order valence-corrected chi connectivity index (χ0v) is 19.7. The number of amides is 1. The molecule has 2 atom stereocenters. The van der Waals surface area contributed by atoms with Crippen molar-refractivity contribution in [2.24, 2.45) is 5.92 Å². The first kappa shape index (κ1) is 23.4. The Bertz CT molecular complexity index is 1120. The minimum atomic E-state index is -0.940. The molecule has 166 valence electrons. The molecule has 0 aliphatic heterocycles. The Hall–Kier alpha value is -3.31. The van der Waals surface area contributed by atoms with Gasteiger partial charge >= 0.3 is 0 Å². The normalized spacial score (nSPS) is 13.8. The van der Waals surface area contributed by atoms with Crippen LogP contribution in [0.25, 0.3) is 17.1 Å². The molecule has 0 saturated heterocycles. The molecular weight excluding hydrogens is 422 g/mol. The second-order valence-corrected chi connectivity index (χ2v) is 9.24. The SMILES string of the molecule is COc1cccc(-c2nnc(SC(C)C(=O)NC(C)(C#N)C(C)C)n2-c2ccccc2)c1. The Morgan fingerprint density at radius 2 is 1.88 bits per heavy atom. The highest BCUT2D eigenvalue weighted by molar-refractivity contribution is 8.00. The van der Waals surface area contributed by atoms with Crippen LogP contribution in [0.3, 0.4) is 0 Å². The molecule has 1 heterocycles. The Balaban J connectivity index is 1.96. The number of benzene rings is 2. The lowest BCUT2D eigenvalue weighted by atomic mass is 9.90. The van der Waals surface area contributed by atoms with E-state index in [1.165, 1.54) is 11.8 Å². The first-order valence-electron chi connectivity index (χ1n) is 10.3. The Labute approximate surface area is 192 Å². The van der Waals surface area contributed by atoms with Crippen LogP contribution in [-0.4, -0.2) is 38.6 Å². The lowest BCUT2D eigenvalue weighted by molar-refractivity contribution is -0.121. The van der Waals surface area contributed by atoms with E-state index >= 15 is 0 Å². The van der Waals surface area contributed by atoms with E-state index < -0.39 is 10.8 Å². The molecule has 0 saturated carbocycles. The van der Waals surface area contributed by atoms with Crippen LogP contribution in [0, 0.1) is 17.2 Å². The van der Waals surface area contributed by atoms with Crippen LogP contribution in [0.2, 0.25) is 0 Å². The number of hydrogen-bond donors (Lipinski definition) is 1. The van der Waals surface area contributed by atoms with Crippen molar-refractivity contribution in [3.63, 3.8) is 0 Å². The van der Waals surface area contributed by atoms with Gasteiger partial charge in [-0.25, -0.2) is 0 Å². The molecule has 2 aromatic carbocycles. The molecule has 0 aliphatic rings. The number of aromatic nitrogens is 3. The number of nitrogens with zero attached hydrogens (tertiary/aromatic N) is 4. The van der Waals surface area contributed by atoms with Crippen LogP contribution < -0.4 is 10.1 Å². The lowest BCUT2D eigenvalue weighted by Gasteiger charge is -2.28. The Morgan fingerprint density at radius 1 is 1.16 bits per heavy atom. The molecule has 0 spiro atoms. The summed E-state index contributed by atoms with van der Waals surface area (Å²) in [5.41, 5.74) is 0.793. The second kappa shape index (κ2) is 9.88. The fraction of sp³-hybridized carbons (Fsp3) is 0.333. The molecule has 3 aromatic rings. The molecule has 1 N–H and O–H groups in total. The van der Waals surface area contributed by atoms with E-state index in [9.17, 15) is 10.1 Å². The topological polar surface area (TPSA) is 92.8 Å². The van der Waals surface area contributed by atoms with Gasteiger partial charge in [0, 0.05) is 11.3 Å². The van der Waals surface area contributed by atoms with Crippen LogP contribution in [0.15, 0.2) is 59.8 Å². The first-order chi connectivity index (χ1) is 15.3. The number of para-hydroxylation sites is 1. The molecule has 8 heteroatoms. The van der Waals surface area contributed by atoms with E-state index in [1.54, 1.807) is 21.0 Å². The third-order valence-electron chi connectivity index (χ3n) is 5.40. The summed E-state index contributed by atoms with van der Waals surface area (Å²) in [6.07, 6.45) is 0. The van der Waals surface area contributed by atoms with Gasteiger partial charge in [0.1, 0.15) is 11.3 Å². The van der Waals surface area contributed by atoms with Gasteiger partial charge in [-0.15, -0.1) is 10.2 Å². The Morgan fingerprint density at radius 3 is 2.50 bits per heavy atom. The maximum absolute atomic E-state index is 12.9. The number of nitriles is 1. The number of carbonyl (C=O) groups excluding carboxylic acids is 1. The summed E-state index contributed by atoms with van der Waals surface area (Å²) in [5, 5.41) is 21.3. The van der Waals surface area contributed by atoms with Crippen molar-refractivity contribution in [3.8, 4) is 28.9 Å². The summed E-state index contributed by atoms with van der Waals surface area (Å²) >= 11 is 1.30. The molecule has 0 aliphatic carbocycles. The third kappa shape index (κ3) is 4.94. The van der Waals surface area contributed by atoms with Crippen molar-refractivity contribution in [1.29, 1.82) is 5.26 Å². The molecule has 7 nitrogen and oxygen atoms in total. The van der Waals surface area contributed by atoms with Crippen molar-refractivity contribution >= 4 is 17.7 Å². The summed E-state index contributed by atoms with van der Waals surface area (Å²) in [5.74, 6) is 1.12. The van der Waals surface area contributed by atoms with Gasteiger partial charge in [-0.1, -0.05) is 55.9 Å². The largest absolute Gasteiger partial charge is 0.497 e. The summed E-state index contributed by atoms with van der Waals surface area (Å²) in [6, 6.07) is 19.6. The number of methoxy groups -OCH3 is 1. The minimum absolute atomic E-state index is 0.0266. The molecule has 0 bridgehead atoms. The van der Waals surface area contributed by atoms with Gasteiger partial charge in [0.25, 0.3) is 0 Å². The van der Waals surface area contributed by atoms with Gasteiger partial charge in [0.05, 0.1) is 18.4 Å². The second-order valence-electron chi connectivity index (χ2n) is 7.93. The zero-order valence-electron chi connectivity index (χ0n) is 18.9. The van der Waals surface area contributed by atoms with Gasteiger partial charge in [0.2, 0.25) is 5.91 Å². The third-order valence-corrected chi connectivity index (χ3v) is 6.44. The number of hydrogen-bond acceptors (Lipinski definition) is 6. The smallest absolute Gasteiger partial charge is 0.234 e. The van der Waals surface area contributed by atoms with Crippen molar-refractivity contribution in [1.82, 2.24) is 20.1 Å². The van der Waals surface area contributed by atoms with Gasteiger partial charge < -0.3 is 10.1 Å². The van der Waals surface area contributed by atoms with E-state index in [4.69, 9.17) is 4.74 Å². The first-order valence-corrected chi connectivity index (χ1v) is 11.2. The summed E-state index contributed by atoms with van der Waals surface area (Å²) in [7, 11) is 1.62. The predicted octanol–water partition coefficient (Wildman–Crippen LogP) is 4.48. The van der Waals surface area contributed by atoms with Crippen LogP contribution in [0.1, 0.15) is 27.7 Å². The highest BCUT2D eigenvalue weighted by atomic mass is 32.2. The fourth-order valence-electron chi connectivity index (χ4n) is 2.98. The van der Waals surface area contributed by atoms with Crippen molar-refractivity contribution < 1.29 is 9.53 Å². The number of nitrogens with one attached hydrogen (secondary N) is 1. The molecule has 3 rings (SSSR count). The van der Waals surface area contributed by atoms with Gasteiger partial charge in [-0.3, -0.25) is 9.36 Å². The number of rotatable bonds is 8. The molecule has 0 radical (unpaired) electrons. The maximum atomic E-state index is 12.9. The Kier molecular flexibility index (Phi) is 7.21. The summed E-state index contributed by atoms with van der Waals surface area (Å²) in [4.78, 5) is 12.9. The van der Waals surface area contributed by atoms with E-state index in [0.717, 1.165) is 17.0 Å². The quantitative estimate of drug-likeness (QED) is 0.510.